The second kappa shape index (κ2) is 9.00. The van der Waals surface area contributed by atoms with Gasteiger partial charge < -0.3 is 25.6 Å². The average Bonchev–Trinajstić information content (AvgIpc) is 2.67. The SMILES string of the molecule is CC(=O)Nc1cccc(CNC(=O)Nc2ccc(N3CCOCC3)nc2)c1. The fraction of sp³-hybridized carbons (Fsp3) is 0.316. The molecule has 1 saturated heterocycles. The van der Waals surface area contributed by atoms with Gasteiger partial charge in [-0.05, 0) is 29.8 Å². The van der Waals surface area contributed by atoms with Crippen LogP contribution < -0.4 is 20.9 Å². The number of carbonyl (C=O) groups excluding carboxylic acids is 2. The average molecular weight is 369 g/mol. The highest BCUT2D eigenvalue weighted by Crippen LogP contribution is 2.15. The number of nitrogens with zero attached hydrogens (tertiary/aromatic N) is 2. The molecule has 1 aromatic heterocycles. The smallest absolute Gasteiger partial charge is 0.319 e. The van der Waals surface area contributed by atoms with Crippen LogP contribution in [0.15, 0.2) is 42.6 Å². The highest BCUT2D eigenvalue weighted by Gasteiger charge is 2.12. The Morgan fingerprint density at radius 1 is 1.11 bits per heavy atom. The van der Waals surface area contributed by atoms with E-state index in [2.05, 4.69) is 25.8 Å². The largest absolute Gasteiger partial charge is 0.378 e. The van der Waals surface area contributed by atoms with Gasteiger partial charge in [0.1, 0.15) is 5.82 Å². The lowest BCUT2D eigenvalue weighted by molar-refractivity contribution is -0.114. The van der Waals surface area contributed by atoms with Gasteiger partial charge in [-0.3, -0.25) is 4.79 Å². The molecule has 1 fully saturated rings. The summed E-state index contributed by atoms with van der Waals surface area (Å²) in [5, 5.41) is 8.27. The number of anilines is 3. The zero-order valence-electron chi connectivity index (χ0n) is 15.2. The molecule has 8 heteroatoms. The molecule has 1 aliphatic heterocycles. The van der Waals surface area contributed by atoms with Gasteiger partial charge in [0, 0.05) is 32.2 Å². The van der Waals surface area contributed by atoms with E-state index in [0.717, 1.165) is 24.5 Å². The molecule has 0 radical (unpaired) electrons. The molecule has 0 aliphatic carbocycles. The van der Waals surface area contributed by atoms with E-state index < -0.39 is 0 Å². The Labute approximate surface area is 157 Å². The fourth-order valence-corrected chi connectivity index (χ4v) is 2.76. The molecule has 1 aromatic carbocycles. The minimum absolute atomic E-state index is 0.133. The predicted octanol–water partition coefficient (Wildman–Crippen LogP) is 2.20. The van der Waals surface area contributed by atoms with Gasteiger partial charge in [-0.1, -0.05) is 12.1 Å². The Morgan fingerprint density at radius 2 is 1.93 bits per heavy atom. The number of nitrogens with one attached hydrogen (secondary N) is 3. The first-order chi connectivity index (χ1) is 13.1. The molecule has 2 heterocycles. The molecule has 3 amide bonds. The van der Waals surface area contributed by atoms with Crippen LogP contribution in [-0.4, -0.2) is 43.2 Å². The van der Waals surface area contributed by atoms with Crippen molar-refractivity contribution >= 4 is 29.1 Å². The van der Waals surface area contributed by atoms with Crippen LogP contribution >= 0.6 is 0 Å². The number of hydrogen-bond acceptors (Lipinski definition) is 5. The number of morpholine rings is 1. The molecule has 0 saturated carbocycles. The third kappa shape index (κ3) is 5.68. The van der Waals surface area contributed by atoms with Gasteiger partial charge in [-0.25, -0.2) is 9.78 Å². The van der Waals surface area contributed by atoms with Gasteiger partial charge in [0.15, 0.2) is 0 Å². The first-order valence-electron chi connectivity index (χ1n) is 8.80. The first kappa shape index (κ1) is 18.7. The highest BCUT2D eigenvalue weighted by atomic mass is 16.5. The molecule has 2 aromatic rings. The quantitative estimate of drug-likeness (QED) is 0.751. The van der Waals surface area contributed by atoms with Crippen molar-refractivity contribution in [3.8, 4) is 0 Å². The van der Waals surface area contributed by atoms with Gasteiger partial charge in [-0.15, -0.1) is 0 Å². The van der Waals surface area contributed by atoms with E-state index in [1.165, 1.54) is 6.92 Å². The number of benzene rings is 1. The van der Waals surface area contributed by atoms with E-state index in [1.54, 1.807) is 12.3 Å². The Kier molecular flexibility index (Phi) is 6.22. The summed E-state index contributed by atoms with van der Waals surface area (Å²) in [4.78, 5) is 29.7. The van der Waals surface area contributed by atoms with Crippen LogP contribution in [0.3, 0.4) is 0 Å². The summed E-state index contributed by atoms with van der Waals surface area (Å²) in [6, 6.07) is 10.7. The molecule has 27 heavy (non-hydrogen) atoms. The van der Waals surface area contributed by atoms with Gasteiger partial charge in [-0.2, -0.15) is 0 Å². The van der Waals surface area contributed by atoms with Crippen molar-refractivity contribution < 1.29 is 14.3 Å². The molecule has 142 valence electrons. The Morgan fingerprint density at radius 3 is 2.63 bits per heavy atom. The molecule has 0 atom stereocenters. The summed E-state index contributed by atoms with van der Waals surface area (Å²) in [6.07, 6.45) is 1.64. The number of amides is 3. The zero-order chi connectivity index (χ0) is 19.1. The maximum absolute atomic E-state index is 12.1. The Bertz CT molecular complexity index is 788. The molecular weight excluding hydrogens is 346 g/mol. The van der Waals surface area contributed by atoms with Crippen molar-refractivity contribution in [1.29, 1.82) is 0 Å². The Balaban J connectivity index is 1.49. The van der Waals surface area contributed by atoms with Crippen LogP contribution in [0.25, 0.3) is 0 Å². The van der Waals surface area contributed by atoms with Crippen LogP contribution in [0.5, 0.6) is 0 Å². The van der Waals surface area contributed by atoms with Crippen molar-refractivity contribution in [2.75, 3.05) is 41.8 Å². The lowest BCUT2D eigenvalue weighted by atomic mass is 10.2. The molecule has 0 bridgehead atoms. The molecular formula is C19H23N5O3. The van der Waals surface area contributed by atoms with Gasteiger partial charge in [0.05, 0.1) is 25.1 Å². The van der Waals surface area contributed by atoms with Crippen LogP contribution in [0.4, 0.5) is 22.0 Å². The lowest BCUT2D eigenvalue weighted by Crippen LogP contribution is -2.36. The number of aromatic nitrogens is 1. The second-order valence-corrected chi connectivity index (χ2v) is 6.19. The number of urea groups is 1. The minimum atomic E-state index is -0.319. The zero-order valence-corrected chi connectivity index (χ0v) is 15.2. The maximum Gasteiger partial charge on any atom is 0.319 e. The number of hydrogen-bond donors (Lipinski definition) is 3. The summed E-state index contributed by atoms with van der Waals surface area (Å²) in [5.74, 6) is 0.741. The topological polar surface area (TPSA) is 95.6 Å². The van der Waals surface area contributed by atoms with Crippen molar-refractivity contribution in [2.24, 2.45) is 0 Å². The van der Waals surface area contributed by atoms with Crippen LogP contribution in [-0.2, 0) is 16.1 Å². The van der Waals surface area contributed by atoms with Crippen molar-refractivity contribution in [3.05, 3.63) is 48.2 Å². The normalized spacial score (nSPS) is 13.7. The molecule has 0 unspecified atom stereocenters. The molecule has 3 rings (SSSR count). The predicted molar refractivity (Wildman–Crippen MR) is 104 cm³/mol. The lowest BCUT2D eigenvalue weighted by Gasteiger charge is -2.27. The van der Waals surface area contributed by atoms with E-state index in [1.807, 2.05) is 30.3 Å². The standard InChI is InChI=1S/C19H23N5O3/c1-14(25)22-16-4-2-3-15(11-16)12-21-19(26)23-17-5-6-18(20-13-17)24-7-9-27-10-8-24/h2-6,11,13H,7-10,12H2,1H3,(H,22,25)(H2,21,23,26). The van der Waals surface area contributed by atoms with Gasteiger partial charge in [0.2, 0.25) is 5.91 Å². The van der Waals surface area contributed by atoms with E-state index in [9.17, 15) is 9.59 Å². The molecule has 8 nitrogen and oxygen atoms in total. The van der Waals surface area contributed by atoms with E-state index in [4.69, 9.17) is 4.74 Å². The monoisotopic (exact) mass is 369 g/mol. The summed E-state index contributed by atoms with van der Waals surface area (Å²) in [6.45, 7) is 4.84. The van der Waals surface area contributed by atoms with Crippen LogP contribution in [0, 0.1) is 0 Å². The van der Waals surface area contributed by atoms with E-state index in [-0.39, 0.29) is 11.9 Å². The molecule has 0 spiro atoms. The van der Waals surface area contributed by atoms with Crippen molar-refractivity contribution in [1.82, 2.24) is 10.3 Å². The van der Waals surface area contributed by atoms with E-state index >= 15 is 0 Å². The second-order valence-electron chi connectivity index (χ2n) is 6.19. The van der Waals surface area contributed by atoms with Crippen LogP contribution in [0.2, 0.25) is 0 Å². The number of pyridine rings is 1. The van der Waals surface area contributed by atoms with Crippen molar-refractivity contribution in [2.45, 2.75) is 13.5 Å². The minimum Gasteiger partial charge on any atom is -0.378 e. The highest BCUT2D eigenvalue weighted by molar-refractivity contribution is 5.89. The summed E-state index contributed by atoms with van der Waals surface area (Å²) >= 11 is 0. The number of rotatable bonds is 5. The first-order valence-corrected chi connectivity index (χ1v) is 8.80. The summed E-state index contributed by atoms with van der Waals surface area (Å²) < 4.78 is 5.33. The molecule has 1 aliphatic rings. The number of carbonyl (C=O) groups is 2. The number of ether oxygens (including phenoxy) is 1. The third-order valence-corrected chi connectivity index (χ3v) is 4.04. The van der Waals surface area contributed by atoms with Gasteiger partial charge >= 0.3 is 6.03 Å². The molecule has 3 N–H and O–H groups in total. The van der Waals surface area contributed by atoms with Crippen molar-refractivity contribution in [3.63, 3.8) is 0 Å². The fourth-order valence-electron chi connectivity index (χ4n) is 2.76. The van der Waals surface area contributed by atoms with Crippen LogP contribution in [0.1, 0.15) is 12.5 Å². The summed E-state index contributed by atoms with van der Waals surface area (Å²) in [7, 11) is 0. The van der Waals surface area contributed by atoms with Gasteiger partial charge in [0.25, 0.3) is 0 Å². The Hall–Kier alpha value is -3.13. The maximum atomic E-state index is 12.1. The van der Waals surface area contributed by atoms with E-state index in [0.29, 0.717) is 31.1 Å². The summed E-state index contributed by atoms with van der Waals surface area (Å²) in [5.41, 5.74) is 2.21. The third-order valence-electron chi connectivity index (χ3n) is 4.04.